The van der Waals surface area contributed by atoms with Gasteiger partial charge in [0.15, 0.2) is 0 Å². The summed E-state index contributed by atoms with van der Waals surface area (Å²) < 4.78 is 0.141. The first-order chi connectivity index (χ1) is 10.3. The molecule has 1 fully saturated rings. The van der Waals surface area contributed by atoms with E-state index in [-0.39, 0.29) is 10.2 Å². The second-order valence-corrected chi connectivity index (χ2v) is 8.64. The Bertz CT molecular complexity index is 504. The van der Waals surface area contributed by atoms with E-state index in [1.165, 1.54) is 9.79 Å². The summed E-state index contributed by atoms with van der Waals surface area (Å²) >= 11 is 3.92. The molecule has 0 atom stereocenters. The molecule has 0 radical (unpaired) electrons. The van der Waals surface area contributed by atoms with Crippen LogP contribution in [0.15, 0.2) is 70.5 Å². The monoisotopic (exact) mass is 316 g/mol. The van der Waals surface area contributed by atoms with E-state index in [2.05, 4.69) is 60.7 Å². The fraction of sp³-hybridized carbons (Fsp3) is 0.333. The normalized spacial score (nSPS) is 18.5. The van der Waals surface area contributed by atoms with Crippen LogP contribution in [0.2, 0.25) is 0 Å². The van der Waals surface area contributed by atoms with Crippen molar-refractivity contribution in [2.45, 2.75) is 45.7 Å². The standard InChI is InChI=1S/C18H20OS2/c19-15-11-13-18(14-12-15,20-16-7-3-1-4-8-16)21-17-9-5-2-6-10-17/h1-10,15,19H,11-14H2. The number of thioether (sulfide) groups is 2. The lowest BCUT2D eigenvalue weighted by Gasteiger charge is -2.38. The van der Waals surface area contributed by atoms with Crippen molar-refractivity contribution in [2.75, 3.05) is 0 Å². The number of aliphatic hydroxyl groups is 1. The van der Waals surface area contributed by atoms with Crippen LogP contribution in [0.25, 0.3) is 0 Å². The Morgan fingerprint density at radius 2 is 1.19 bits per heavy atom. The molecule has 1 aliphatic rings. The third-order valence-corrected chi connectivity index (χ3v) is 6.89. The summed E-state index contributed by atoms with van der Waals surface area (Å²) in [5, 5.41) is 9.86. The summed E-state index contributed by atoms with van der Waals surface area (Å²) in [4.78, 5) is 2.63. The van der Waals surface area contributed by atoms with Crippen LogP contribution < -0.4 is 0 Å². The largest absolute Gasteiger partial charge is 0.393 e. The molecule has 110 valence electrons. The van der Waals surface area contributed by atoms with Gasteiger partial charge in [0.2, 0.25) is 0 Å². The van der Waals surface area contributed by atoms with Crippen LogP contribution >= 0.6 is 23.5 Å². The smallest absolute Gasteiger partial charge is 0.0707 e. The summed E-state index contributed by atoms with van der Waals surface area (Å²) in [6.45, 7) is 0. The molecule has 0 spiro atoms. The molecule has 0 unspecified atom stereocenters. The number of hydrogen-bond donors (Lipinski definition) is 1. The zero-order valence-electron chi connectivity index (χ0n) is 11.9. The van der Waals surface area contributed by atoms with Crippen LogP contribution in [0.1, 0.15) is 25.7 Å². The van der Waals surface area contributed by atoms with Gasteiger partial charge in [0.25, 0.3) is 0 Å². The molecule has 1 aliphatic carbocycles. The van der Waals surface area contributed by atoms with Gasteiger partial charge in [-0.2, -0.15) is 0 Å². The molecule has 3 rings (SSSR count). The van der Waals surface area contributed by atoms with E-state index >= 15 is 0 Å². The van der Waals surface area contributed by atoms with Gasteiger partial charge in [0, 0.05) is 9.79 Å². The Kier molecular flexibility index (Phi) is 4.94. The lowest BCUT2D eigenvalue weighted by Crippen LogP contribution is -2.29. The van der Waals surface area contributed by atoms with E-state index in [0.29, 0.717) is 0 Å². The van der Waals surface area contributed by atoms with Crippen LogP contribution in [0.5, 0.6) is 0 Å². The number of hydrogen-bond acceptors (Lipinski definition) is 3. The molecule has 21 heavy (non-hydrogen) atoms. The van der Waals surface area contributed by atoms with Crippen molar-refractivity contribution >= 4 is 23.5 Å². The van der Waals surface area contributed by atoms with Gasteiger partial charge in [-0.05, 0) is 49.9 Å². The van der Waals surface area contributed by atoms with Gasteiger partial charge in [-0.25, -0.2) is 0 Å². The van der Waals surface area contributed by atoms with Gasteiger partial charge in [-0.1, -0.05) is 36.4 Å². The Labute approximate surface area is 135 Å². The highest BCUT2D eigenvalue weighted by Crippen LogP contribution is 2.53. The zero-order chi connectivity index (χ0) is 14.5. The summed E-state index contributed by atoms with van der Waals surface area (Å²) in [6.07, 6.45) is 3.78. The maximum atomic E-state index is 9.86. The maximum Gasteiger partial charge on any atom is 0.0707 e. The highest BCUT2D eigenvalue weighted by molar-refractivity contribution is 8.18. The molecule has 2 aromatic carbocycles. The first-order valence-electron chi connectivity index (χ1n) is 7.42. The predicted molar refractivity (Wildman–Crippen MR) is 91.8 cm³/mol. The van der Waals surface area contributed by atoms with Crippen LogP contribution in [-0.2, 0) is 0 Å². The molecule has 1 N–H and O–H groups in total. The summed E-state index contributed by atoms with van der Waals surface area (Å²) in [7, 11) is 0. The SMILES string of the molecule is OC1CCC(Sc2ccccc2)(Sc2ccccc2)CC1. The summed E-state index contributed by atoms with van der Waals surface area (Å²) in [5.74, 6) is 0. The minimum atomic E-state index is -0.120. The molecule has 1 nitrogen and oxygen atoms in total. The third-order valence-electron chi connectivity index (χ3n) is 3.81. The quantitative estimate of drug-likeness (QED) is 0.783. The van der Waals surface area contributed by atoms with E-state index in [4.69, 9.17) is 0 Å². The van der Waals surface area contributed by atoms with Gasteiger partial charge in [0.05, 0.1) is 10.2 Å². The van der Waals surface area contributed by atoms with Crippen LogP contribution in [0.4, 0.5) is 0 Å². The molecule has 0 saturated heterocycles. The number of rotatable bonds is 4. The van der Waals surface area contributed by atoms with Crippen molar-refractivity contribution in [3.63, 3.8) is 0 Å². The Morgan fingerprint density at radius 3 is 1.62 bits per heavy atom. The average Bonchev–Trinajstić information content (AvgIpc) is 2.52. The van der Waals surface area contributed by atoms with Gasteiger partial charge >= 0.3 is 0 Å². The lowest BCUT2D eigenvalue weighted by atomic mass is 9.97. The molecule has 0 amide bonds. The van der Waals surface area contributed by atoms with Gasteiger partial charge in [-0.3, -0.25) is 0 Å². The van der Waals surface area contributed by atoms with E-state index < -0.39 is 0 Å². The van der Waals surface area contributed by atoms with Gasteiger partial charge in [-0.15, -0.1) is 23.5 Å². The predicted octanol–water partition coefficient (Wildman–Crippen LogP) is 5.20. The number of aliphatic hydroxyl groups excluding tert-OH is 1. The molecule has 1 saturated carbocycles. The lowest BCUT2D eigenvalue weighted by molar-refractivity contribution is 0.129. The number of benzene rings is 2. The average molecular weight is 316 g/mol. The fourth-order valence-corrected chi connectivity index (χ4v) is 5.74. The van der Waals surface area contributed by atoms with Crippen LogP contribution in [0, 0.1) is 0 Å². The van der Waals surface area contributed by atoms with Crippen molar-refractivity contribution in [1.29, 1.82) is 0 Å². The molecular formula is C18H20OS2. The van der Waals surface area contributed by atoms with Crippen molar-refractivity contribution < 1.29 is 5.11 Å². The maximum absolute atomic E-state index is 9.86. The Morgan fingerprint density at radius 1 is 0.762 bits per heavy atom. The first kappa shape index (κ1) is 15.0. The summed E-state index contributed by atoms with van der Waals surface area (Å²) in [5.41, 5.74) is 0. The second-order valence-electron chi connectivity index (χ2n) is 5.47. The first-order valence-corrected chi connectivity index (χ1v) is 9.05. The minimum Gasteiger partial charge on any atom is -0.393 e. The van der Waals surface area contributed by atoms with Gasteiger partial charge < -0.3 is 5.11 Å². The molecule has 2 aromatic rings. The van der Waals surface area contributed by atoms with E-state index in [9.17, 15) is 5.11 Å². The topological polar surface area (TPSA) is 20.2 Å². The zero-order valence-corrected chi connectivity index (χ0v) is 13.6. The summed E-state index contributed by atoms with van der Waals surface area (Å²) in [6, 6.07) is 21.2. The molecule has 0 bridgehead atoms. The van der Waals surface area contributed by atoms with Crippen molar-refractivity contribution in [1.82, 2.24) is 0 Å². The van der Waals surface area contributed by atoms with Crippen molar-refractivity contribution in [2.24, 2.45) is 0 Å². The minimum absolute atomic E-state index is 0.120. The molecule has 3 heteroatoms. The molecular weight excluding hydrogens is 296 g/mol. The molecule has 0 aromatic heterocycles. The van der Waals surface area contributed by atoms with Crippen LogP contribution in [-0.4, -0.2) is 15.3 Å². The van der Waals surface area contributed by atoms with E-state index in [1.54, 1.807) is 0 Å². The van der Waals surface area contributed by atoms with Crippen molar-refractivity contribution in [3.05, 3.63) is 60.7 Å². The highest BCUT2D eigenvalue weighted by Gasteiger charge is 2.37. The van der Waals surface area contributed by atoms with Crippen molar-refractivity contribution in [3.8, 4) is 0 Å². The van der Waals surface area contributed by atoms with E-state index in [1.807, 2.05) is 23.5 Å². The fourth-order valence-electron chi connectivity index (χ4n) is 2.67. The Balaban J connectivity index is 1.81. The highest BCUT2D eigenvalue weighted by atomic mass is 32.2. The molecule has 0 aliphatic heterocycles. The molecule has 0 heterocycles. The van der Waals surface area contributed by atoms with E-state index in [0.717, 1.165) is 25.7 Å². The third kappa shape index (κ3) is 4.06. The van der Waals surface area contributed by atoms with Gasteiger partial charge in [0.1, 0.15) is 0 Å². The second kappa shape index (κ2) is 6.91. The Hall–Kier alpha value is -0.900. The van der Waals surface area contributed by atoms with Crippen LogP contribution in [0.3, 0.4) is 0 Å².